The van der Waals surface area contributed by atoms with Gasteiger partial charge in [0.25, 0.3) is 0 Å². The maximum Gasteiger partial charge on any atom is 0.330 e. The summed E-state index contributed by atoms with van der Waals surface area (Å²) in [5, 5.41) is 0. The lowest BCUT2D eigenvalue weighted by Gasteiger charge is -2.16. The molecule has 1 aliphatic heterocycles. The van der Waals surface area contributed by atoms with Crippen LogP contribution in [0.25, 0.3) is 0 Å². The average molecular weight is 228 g/mol. The van der Waals surface area contributed by atoms with Crippen molar-refractivity contribution in [3.8, 4) is 0 Å². The summed E-state index contributed by atoms with van der Waals surface area (Å²) in [6.07, 6.45) is 2.02. The lowest BCUT2D eigenvalue weighted by atomic mass is 10.4. The van der Waals surface area contributed by atoms with Gasteiger partial charge >= 0.3 is 5.97 Å². The van der Waals surface area contributed by atoms with Gasteiger partial charge in [0.15, 0.2) is 11.6 Å². The Morgan fingerprint density at radius 3 is 2.62 bits per heavy atom. The van der Waals surface area contributed by atoms with E-state index in [1.165, 1.54) is 6.92 Å². The van der Waals surface area contributed by atoms with Gasteiger partial charge in [-0.3, -0.25) is 4.79 Å². The van der Waals surface area contributed by atoms with E-state index in [4.69, 9.17) is 14.2 Å². The highest BCUT2D eigenvalue weighted by Crippen LogP contribution is 2.22. The van der Waals surface area contributed by atoms with Gasteiger partial charge in [-0.25, -0.2) is 4.79 Å². The Balaban J connectivity index is 2.25. The van der Waals surface area contributed by atoms with Gasteiger partial charge < -0.3 is 14.2 Å². The van der Waals surface area contributed by atoms with Crippen LogP contribution in [0.1, 0.15) is 20.8 Å². The van der Waals surface area contributed by atoms with Crippen molar-refractivity contribution in [2.24, 2.45) is 0 Å². The molecule has 0 saturated carbocycles. The van der Waals surface area contributed by atoms with Crippen molar-refractivity contribution in [1.82, 2.24) is 0 Å². The fraction of sp³-hybridized carbons (Fsp3) is 0.636. The standard InChI is InChI=1S/C11H16O5/c1-8(12)4-5-10(13)14-6-9-7-15-11(2,3)16-9/h4-5,9H,6-7H2,1-3H3/b5-4-. The van der Waals surface area contributed by atoms with Crippen LogP contribution in [0.4, 0.5) is 0 Å². The maximum absolute atomic E-state index is 11.1. The van der Waals surface area contributed by atoms with Crippen molar-refractivity contribution < 1.29 is 23.8 Å². The Labute approximate surface area is 94.4 Å². The molecule has 0 aromatic carbocycles. The quantitative estimate of drug-likeness (QED) is 0.526. The zero-order valence-electron chi connectivity index (χ0n) is 9.69. The highest BCUT2D eigenvalue weighted by Gasteiger charge is 2.33. The van der Waals surface area contributed by atoms with Crippen LogP contribution in [-0.4, -0.2) is 36.9 Å². The van der Waals surface area contributed by atoms with Crippen molar-refractivity contribution in [3.63, 3.8) is 0 Å². The number of ketones is 1. The maximum atomic E-state index is 11.1. The molecule has 1 saturated heterocycles. The Morgan fingerprint density at radius 2 is 2.12 bits per heavy atom. The number of esters is 1. The molecule has 0 amide bonds. The van der Waals surface area contributed by atoms with Gasteiger partial charge in [0.2, 0.25) is 0 Å². The third kappa shape index (κ3) is 4.55. The van der Waals surface area contributed by atoms with Crippen molar-refractivity contribution in [3.05, 3.63) is 12.2 Å². The van der Waals surface area contributed by atoms with E-state index in [0.29, 0.717) is 6.61 Å². The molecule has 1 heterocycles. The van der Waals surface area contributed by atoms with Crippen LogP contribution in [0, 0.1) is 0 Å². The van der Waals surface area contributed by atoms with E-state index in [0.717, 1.165) is 12.2 Å². The highest BCUT2D eigenvalue weighted by atomic mass is 16.7. The van der Waals surface area contributed by atoms with E-state index in [2.05, 4.69) is 0 Å². The molecule has 0 bridgehead atoms. The molecule has 1 aliphatic rings. The van der Waals surface area contributed by atoms with E-state index in [-0.39, 0.29) is 18.5 Å². The van der Waals surface area contributed by atoms with Crippen molar-refractivity contribution in [2.45, 2.75) is 32.7 Å². The number of ether oxygens (including phenoxy) is 3. The predicted octanol–water partition coefficient (Wildman–Crippen LogP) is 0.826. The van der Waals surface area contributed by atoms with Gasteiger partial charge in [-0.05, 0) is 26.8 Å². The SMILES string of the molecule is CC(=O)/C=C\C(=O)OCC1COC(C)(C)O1. The van der Waals surface area contributed by atoms with Crippen molar-refractivity contribution in [2.75, 3.05) is 13.2 Å². The summed E-state index contributed by atoms with van der Waals surface area (Å²) in [5.41, 5.74) is 0. The van der Waals surface area contributed by atoms with Crippen LogP contribution in [0.2, 0.25) is 0 Å². The summed E-state index contributed by atoms with van der Waals surface area (Å²) < 4.78 is 15.6. The topological polar surface area (TPSA) is 61.8 Å². The smallest absolute Gasteiger partial charge is 0.330 e. The average Bonchev–Trinajstić information content (AvgIpc) is 2.52. The first-order valence-corrected chi connectivity index (χ1v) is 5.06. The summed E-state index contributed by atoms with van der Waals surface area (Å²) in [6.45, 7) is 5.48. The molecule has 1 unspecified atom stereocenters. The van der Waals surface area contributed by atoms with E-state index < -0.39 is 11.8 Å². The van der Waals surface area contributed by atoms with E-state index >= 15 is 0 Å². The van der Waals surface area contributed by atoms with Crippen LogP contribution < -0.4 is 0 Å². The van der Waals surface area contributed by atoms with E-state index in [9.17, 15) is 9.59 Å². The summed E-state index contributed by atoms with van der Waals surface area (Å²) >= 11 is 0. The van der Waals surface area contributed by atoms with Crippen molar-refractivity contribution >= 4 is 11.8 Å². The fourth-order valence-corrected chi connectivity index (χ4v) is 1.25. The molecule has 90 valence electrons. The van der Waals surface area contributed by atoms with Gasteiger partial charge in [-0.2, -0.15) is 0 Å². The molecule has 0 aromatic rings. The highest BCUT2D eigenvalue weighted by molar-refractivity contribution is 5.94. The zero-order valence-corrected chi connectivity index (χ0v) is 9.69. The second kappa shape index (κ2) is 5.23. The monoisotopic (exact) mass is 228 g/mol. The van der Waals surface area contributed by atoms with Gasteiger partial charge in [-0.15, -0.1) is 0 Å². The molecule has 16 heavy (non-hydrogen) atoms. The van der Waals surface area contributed by atoms with E-state index in [1.54, 1.807) is 13.8 Å². The Morgan fingerprint density at radius 1 is 1.44 bits per heavy atom. The molecular formula is C11H16O5. The van der Waals surface area contributed by atoms with Crippen LogP contribution in [0.15, 0.2) is 12.2 Å². The molecule has 5 heteroatoms. The normalized spacial score (nSPS) is 23.6. The molecule has 1 rings (SSSR count). The third-order valence-electron chi connectivity index (χ3n) is 1.93. The van der Waals surface area contributed by atoms with Gasteiger partial charge in [-0.1, -0.05) is 0 Å². The second-order valence-electron chi connectivity index (χ2n) is 4.02. The number of rotatable bonds is 4. The van der Waals surface area contributed by atoms with Crippen LogP contribution in [0.5, 0.6) is 0 Å². The van der Waals surface area contributed by atoms with Gasteiger partial charge in [0.05, 0.1) is 6.61 Å². The van der Waals surface area contributed by atoms with Crippen LogP contribution in [0.3, 0.4) is 0 Å². The summed E-state index contributed by atoms with van der Waals surface area (Å²) in [7, 11) is 0. The first-order valence-electron chi connectivity index (χ1n) is 5.06. The predicted molar refractivity (Wildman–Crippen MR) is 55.7 cm³/mol. The number of allylic oxidation sites excluding steroid dienone is 1. The first-order chi connectivity index (χ1) is 7.39. The molecule has 0 spiro atoms. The number of carbonyl (C=O) groups excluding carboxylic acids is 2. The fourth-order valence-electron chi connectivity index (χ4n) is 1.25. The lowest BCUT2D eigenvalue weighted by Crippen LogP contribution is -2.24. The third-order valence-corrected chi connectivity index (χ3v) is 1.93. The number of hydrogen-bond acceptors (Lipinski definition) is 5. The first kappa shape index (κ1) is 12.9. The number of hydrogen-bond donors (Lipinski definition) is 0. The second-order valence-corrected chi connectivity index (χ2v) is 4.02. The molecule has 0 aromatic heterocycles. The molecule has 1 atom stereocenters. The lowest BCUT2D eigenvalue weighted by molar-refractivity contribution is -0.154. The summed E-state index contributed by atoms with van der Waals surface area (Å²) in [5.74, 6) is -1.37. The largest absolute Gasteiger partial charge is 0.460 e. The molecule has 0 radical (unpaired) electrons. The minimum absolute atomic E-state index is 0.129. The van der Waals surface area contributed by atoms with Crippen molar-refractivity contribution in [1.29, 1.82) is 0 Å². The Kier molecular flexibility index (Phi) is 4.20. The Hall–Kier alpha value is -1.20. The number of carbonyl (C=O) groups is 2. The molecule has 5 nitrogen and oxygen atoms in total. The summed E-state index contributed by atoms with van der Waals surface area (Å²) in [4.78, 5) is 21.7. The molecule has 0 N–H and O–H groups in total. The zero-order chi connectivity index (χ0) is 12.2. The minimum atomic E-state index is -0.619. The van der Waals surface area contributed by atoms with Gasteiger partial charge in [0.1, 0.15) is 12.7 Å². The molecule has 0 aliphatic carbocycles. The van der Waals surface area contributed by atoms with E-state index in [1.807, 2.05) is 0 Å². The summed E-state index contributed by atoms with van der Waals surface area (Å²) in [6, 6.07) is 0. The molecular weight excluding hydrogens is 212 g/mol. The molecule has 1 fully saturated rings. The van der Waals surface area contributed by atoms with Crippen LogP contribution >= 0.6 is 0 Å². The minimum Gasteiger partial charge on any atom is -0.460 e. The van der Waals surface area contributed by atoms with Gasteiger partial charge in [0, 0.05) is 6.08 Å². The Bertz CT molecular complexity index is 305. The van der Waals surface area contributed by atoms with Crippen LogP contribution in [-0.2, 0) is 23.8 Å².